The van der Waals surface area contributed by atoms with Gasteiger partial charge in [-0.2, -0.15) is 0 Å². The number of hydrogen-bond acceptors (Lipinski definition) is 2. The SMILES string of the molecule is C=C1C=C(c2ccc(C)n2C)SC=CS1. The van der Waals surface area contributed by atoms with Gasteiger partial charge in [-0.05, 0) is 35.9 Å². The van der Waals surface area contributed by atoms with Crippen LogP contribution in [0.15, 0.2) is 40.5 Å². The van der Waals surface area contributed by atoms with Gasteiger partial charge in [-0.1, -0.05) is 30.1 Å². The molecule has 0 spiro atoms. The van der Waals surface area contributed by atoms with Crippen molar-refractivity contribution in [3.63, 3.8) is 0 Å². The molecular formula is C12H13NS2. The number of hydrogen-bond donors (Lipinski definition) is 0. The van der Waals surface area contributed by atoms with Crippen molar-refractivity contribution in [2.75, 3.05) is 0 Å². The van der Waals surface area contributed by atoms with Gasteiger partial charge in [0.15, 0.2) is 0 Å². The van der Waals surface area contributed by atoms with Gasteiger partial charge in [0.05, 0.1) is 5.69 Å². The van der Waals surface area contributed by atoms with E-state index >= 15 is 0 Å². The van der Waals surface area contributed by atoms with E-state index in [-0.39, 0.29) is 0 Å². The molecule has 2 heterocycles. The molecule has 0 N–H and O–H groups in total. The number of rotatable bonds is 1. The number of aryl methyl sites for hydroxylation is 1. The van der Waals surface area contributed by atoms with Gasteiger partial charge in [0.1, 0.15) is 0 Å². The van der Waals surface area contributed by atoms with E-state index in [1.165, 1.54) is 16.3 Å². The lowest BCUT2D eigenvalue weighted by atomic mass is 10.3. The minimum atomic E-state index is 1.09. The summed E-state index contributed by atoms with van der Waals surface area (Å²) in [6.07, 6.45) is 2.14. The number of aromatic nitrogens is 1. The smallest absolute Gasteiger partial charge is 0.0548 e. The molecule has 0 saturated heterocycles. The molecule has 0 aromatic carbocycles. The van der Waals surface area contributed by atoms with Crippen LogP contribution < -0.4 is 0 Å². The van der Waals surface area contributed by atoms with Gasteiger partial charge in [0.2, 0.25) is 0 Å². The molecule has 0 bridgehead atoms. The summed E-state index contributed by atoms with van der Waals surface area (Å²) in [5.74, 6) is 0. The topological polar surface area (TPSA) is 4.93 Å². The van der Waals surface area contributed by atoms with Gasteiger partial charge < -0.3 is 4.57 Å². The Morgan fingerprint density at radius 2 is 1.93 bits per heavy atom. The summed E-state index contributed by atoms with van der Waals surface area (Å²) in [4.78, 5) is 2.35. The zero-order chi connectivity index (χ0) is 10.8. The third-order valence-electron chi connectivity index (χ3n) is 2.39. The molecule has 0 aliphatic carbocycles. The van der Waals surface area contributed by atoms with Crippen molar-refractivity contribution < 1.29 is 0 Å². The molecule has 15 heavy (non-hydrogen) atoms. The zero-order valence-electron chi connectivity index (χ0n) is 8.86. The van der Waals surface area contributed by atoms with E-state index in [9.17, 15) is 0 Å². The van der Waals surface area contributed by atoms with E-state index in [1.807, 2.05) is 0 Å². The van der Waals surface area contributed by atoms with Crippen molar-refractivity contribution in [3.8, 4) is 0 Å². The fourth-order valence-electron chi connectivity index (χ4n) is 1.43. The first-order chi connectivity index (χ1) is 7.18. The van der Waals surface area contributed by atoms with E-state index in [1.54, 1.807) is 23.5 Å². The van der Waals surface area contributed by atoms with Crippen LogP contribution in [0.3, 0.4) is 0 Å². The summed E-state index contributed by atoms with van der Waals surface area (Å²) >= 11 is 3.41. The maximum absolute atomic E-state index is 4.00. The first-order valence-electron chi connectivity index (χ1n) is 4.70. The maximum atomic E-state index is 4.00. The normalized spacial score (nSPS) is 16.4. The summed E-state index contributed by atoms with van der Waals surface area (Å²) in [5.41, 5.74) is 2.53. The summed E-state index contributed by atoms with van der Waals surface area (Å²) in [6, 6.07) is 4.30. The highest BCUT2D eigenvalue weighted by atomic mass is 32.2. The van der Waals surface area contributed by atoms with E-state index in [0.29, 0.717) is 0 Å². The summed E-state index contributed by atoms with van der Waals surface area (Å²) in [7, 11) is 2.09. The lowest BCUT2D eigenvalue weighted by Crippen LogP contribution is -1.95. The van der Waals surface area contributed by atoms with Gasteiger partial charge in [-0.15, -0.1) is 0 Å². The van der Waals surface area contributed by atoms with Crippen LogP contribution in [0, 0.1) is 6.92 Å². The molecule has 0 fully saturated rings. The molecule has 78 valence electrons. The summed E-state index contributed by atoms with van der Waals surface area (Å²) in [6.45, 7) is 6.12. The Morgan fingerprint density at radius 3 is 2.60 bits per heavy atom. The minimum absolute atomic E-state index is 1.09. The van der Waals surface area contributed by atoms with Crippen molar-refractivity contribution in [3.05, 3.63) is 51.9 Å². The minimum Gasteiger partial charge on any atom is -0.348 e. The number of allylic oxidation sites excluding steroid dienone is 1. The molecule has 1 aromatic rings. The molecule has 0 saturated carbocycles. The Kier molecular flexibility index (Phi) is 3.12. The second kappa shape index (κ2) is 4.37. The highest BCUT2D eigenvalue weighted by Crippen LogP contribution is 2.36. The summed E-state index contributed by atoms with van der Waals surface area (Å²) in [5, 5.41) is 4.18. The van der Waals surface area contributed by atoms with Crippen molar-refractivity contribution in [2.24, 2.45) is 7.05 Å². The average Bonchev–Trinajstić information content (AvgIpc) is 2.42. The Hall–Kier alpha value is -0.800. The van der Waals surface area contributed by atoms with Crippen molar-refractivity contribution in [1.82, 2.24) is 4.57 Å². The van der Waals surface area contributed by atoms with Gasteiger partial charge in [0.25, 0.3) is 0 Å². The molecule has 0 radical (unpaired) electrons. The van der Waals surface area contributed by atoms with Crippen LogP contribution in [-0.2, 0) is 7.05 Å². The third kappa shape index (κ3) is 2.24. The van der Waals surface area contributed by atoms with E-state index < -0.39 is 0 Å². The highest BCUT2D eigenvalue weighted by molar-refractivity contribution is 8.13. The second-order valence-corrected chi connectivity index (χ2v) is 5.38. The van der Waals surface area contributed by atoms with Crippen molar-refractivity contribution in [2.45, 2.75) is 6.92 Å². The Bertz CT molecular complexity index is 452. The Labute approximate surface area is 98.9 Å². The monoisotopic (exact) mass is 235 g/mol. The Morgan fingerprint density at radius 1 is 1.20 bits per heavy atom. The molecule has 0 unspecified atom stereocenters. The largest absolute Gasteiger partial charge is 0.348 e. The highest BCUT2D eigenvalue weighted by Gasteiger charge is 2.09. The molecule has 1 aromatic heterocycles. The number of nitrogens with zero attached hydrogens (tertiary/aromatic N) is 1. The van der Waals surface area contributed by atoms with Crippen LogP contribution in [0.4, 0.5) is 0 Å². The molecule has 1 aliphatic rings. The third-order valence-corrected chi connectivity index (χ3v) is 4.11. The van der Waals surface area contributed by atoms with E-state index in [4.69, 9.17) is 0 Å². The molecular weight excluding hydrogens is 222 g/mol. The summed E-state index contributed by atoms with van der Waals surface area (Å²) < 4.78 is 2.20. The zero-order valence-corrected chi connectivity index (χ0v) is 10.5. The van der Waals surface area contributed by atoms with Crippen LogP contribution in [0.1, 0.15) is 11.4 Å². The predicted molar refractivity (Wildman–Crippen MR) is 71.6 cm³/mol. The van der Waals surface area contributed by atoms with Crippen LogP contribution in [-0.4, -0.2) is 4.57 Å². The average molecular weight is 235 g/mol. The molecule has 0 atom stereocenters. The quantitative estimate of drug-likeness (QED) is 0.721. The van der Waals surface area contributed by atoms with Gasteiger partial charge in [0, 0.05) is 22.6 Å². The maximum Gasteiger partial charge on any atom is 0.0548 e. The number of thioether (sulfide) groups is 2. The van der Waals surface area contributed by atoms with Gasteiger partial charge in [-0.3, -0.25) is 0 Å². The molecule has 3 heteroatoms. The molecule has 0 amide bonds. The first kappa shape index (κ1) is 10.7. The predicted octanol–water partition coefficient (Wildman–Crippen LogP) is 4.14. The van der Waals surface area contributed by atoms with E-state index in [2.05, 4.69) is 54.1 Å². The molecule has 1 nitrogen and oxygen atoms in total. The van der Waals surface area contributed by atoms with E-state index in [0.717, 1.165) is 4.91 Å². The molecule has 1 aliphatic heterocycles. The fraction of sp³-hybridized carbons (Fsp3) is 0.167. The second-order valence-electron chi connectivity index (χ2n) is 3.40. The van der Waals surface area contributed by atoms with Crippen LogP contribution in [0.2, 0.25) is 0 Å². The standard InChI is InChI=1S/C12H13NS2/c1-9-4-5-11(13(9)3)12-8-10(2)14-6-7-15-12/h4-8H,2H2,1,3H3. The van der Waals surface area contributed by atoms with Crippen LogP contribution >= 0.6 is 23.5 Å². The lowest BCUT2D eigenvalue weighted by Gasteiger charge is -2.06. The molecule has 2 rings (SSSR count). The van der Waals surface area contributed by atoms with Crippen molar-refractivity contribution >= 4 is 28.4 Å². The van der Waals surface area contributed by atoms with Gasteiger partial charge in [-0.25, -0.2) is 0 Å². The fourth-order valence-corrected chi connectivity index (χ4v) is 2.99. The Balaban J connectivity index is 2.42. The lowest BCUT2D eigenvalue weighted by molar-refractivity contribution is 0.870. The van der Waals surface area contributed by atoms with Crippen LogP contribution in [0.25, 0.3) is 4.91 Å². The van der Waals surface area contributed by atoms with Gasteiger partial charge >= 0.3 is 0 Å². The van der Waals surface area contributed by atoms with Crippen molar-refractivity contribution in [1.29, 1.82) is 0 Å². The first-order valence-corrected chi connectivity index (χ1v) is 6.46. The van der Waals surface area contributed by atoms with Crippen LogP contribution in [0.5, 0.6) is 0 Å².